The lowest BCUT2D eigenvalue weighted by molar-refractivity contribution is -0.118. The molecule has 0 radical (unpaired) electrons. The number of nitrogens with zero attached hydrogens (tertiary/aromatic N) is 1. The van der Waals surface area contributed by atoms with E-state index >= 15 is 0 Å². The Morgan fingerprint density at radius 2 is 2.06 bits per heavy atom. The van der Waals surface area contributed by atoms with Crippen molar-refractivity contribution in [2.75, 3.05) is 13.6 Å². The minimum Gasteiger partial charge on any atom is -0.475 e. The second kappa shape index (κ2) is 4.78. The fourth-order valence-electron chi connectivity index (χ4n) is 1.30. The monoisotopic (exact) mass is 276 g/mol. The normalized spacial score (nSPS) is 11.7. The lowest BCUT2D eigenvalue weighted by Gasteiger charge is -2.14. The van der Waals surface area contributed by atoms with Crippen LogP contribution in [-0.4, -0.2) is 43.3 Å². The summed E-state index contributed by atoms with van der Waals surface area (Å²) in [6, 6.07) is 0.893. The van der Waals surface area contributed by atoms with Crippen molar-refractivity contribution in [1.29, 1.82) is 0 Å². The molecule has 0 aliphatic rings. The Hall–Kier alpha value is -1.87. The molecule has 0 aliphatic heterocycles. The third-order valence-electron chi connectivity index (χ3n) is 2.15. The summed E-state index contributed by atoms with van der Waals surface area (Å²) in [5, 5.41) is 8.70. The summed E-state index contributed by atoms with van der Waals surface area (Å²) in [5.74, 6) is -2.75. The summed E-state index contributed by atoms with van der Waals surface area (Å²) in [7, 11) is -2.84. The number of aryl methyl sites for hydroxylation is 1. The zero-order chi connectivity index (χ0) is 14.1. The minimum atomic E-state index is -4.00. The van der Waals surface area contributed by atoms with E-state index in [0.717, 1.165) is 17.4 Å². The van der Waals surface area contributed by atoms with Crippen molar-refractivity contribution in [3.8, 4) is 0 Å². The van der Waals surface area contributed by atoms with Crippen molar-refractivity contribution in [3.63, 3.8) is 0 Å². The van der Waals surface area contributed by atoms with Crippen LogP contribution in [0.25, 0.3) is 0 Å². The van der Waals surface area contributed by atoms with Crippen LogP contribution >= 0.6 is 0 Å². The number of nitrogens with two attached hydrogens (primary N) is 1. The Bertz CT molecular complexity index is 588. The first kappa shape index (κ1) is 14.2. The second-order valence-electron chi connectivity index (χ2n) is 3.56. The number of furan rings is 1. The van der Waals surface area contributed by atoms with E-state index in [1.54, 1.807) is 0 Å². The van der Waals surface area contributed by atoms with E-state index in [1.807, 2.05) is 0 Å². The molecule has 1 aromatic heterocycles. The fraction of sp³-hybridized carbons (Fsp3) is 0.333. The van der Waals surface area contributed by atoms with Gasteiger partial charge < -0.3 is 15.3 Å². The minimum absolute atomic E-state index is 0.0660. The van der Waals surface area contributed by atoms with E-state index < -0.39 is 34.2 Å². The van der Waals surface area contributed by atoms with Gasteiger partial charge in [-0.2, -0.15) is 4.31 Å². The molecule has 100 valence electrons. The quantitative estimate of drug-likeness (QED) is 0.737. The van der Waals surface area contributed by atoms with Gasteiger partial charge in [0.05, 0.1) is 6.54 Å². The van der Waals surface area contributed by atoms with Gasteiger partial charge in [-0.1, -0.05) is 0 Å². The molecule has 0 fully saturated rings. The Morgan fingerprint density at radius 3 is 2.44 bits per heavy atom. The van der Waals surface area contributed by atoms with Crippen LogP contribution in [0.2, 0.25) is 0 Å². The molecule has 0 aromatic carbocycles. The van der Waals surface area contributed by atoms with Crippen LogP contribution in [-0.2, 0) is 14.8 Å². The number of hydrogen-bond donors (Lipinski definition) is 2. The molecule has 3 N–H and O–H groups in total. The molecule has 0 aliphatic carbocycles. The van der Waals surface area contributed by atoms with Gasteiger partial charge in [0.25, 0.3) is 0 Å². The molecule has 8 nitrogen and oxygen atoms in total. The van der Waals surface area contributed by atoms with Gasteiger partial charge in [-0.3, -0.25) is 4.79 Å². The SMILES string of the molecule is Cc1oc(C(=O)O)cc1S(=O)(=O)N(C)CC(N)=O. The van der Waals surface area contributed by atoms with Gasteiger partial charge in [-0.15, -0.1) is 0 Å². The molecule has 1 aromatic rings. The molecule has 1 amide bonds. The molecule has 0 atom stereocenters. The summed E-state index contributed by atoms with van der Waals surface area (Å²) in [4.78, 5) is 21.0. The zero-order valence-corrected chi connectivity index (χ0v) is 10.5. The van der Waals surface area contributed by atoms with Gasteiger partial charge in [-0.05, 0) is 6.92 Å². The largest absolute Gasteiger partial charge is 0.475 e. The highest BCUT2D eigenvalue weighted by molar-refractivity contribution is 7.89. The maximum absolute atomic E-state index is 12.0. The van der Waals surface area contributed by atoms with Crippen LogP contribution in [0.15, 0.2) is 15.4 Å². The van der Waals surface area contributed by atoms with Crippen molar-refractivity contribution < 1.29 is 27.5 Å². The maximum atomic E-state index is 12.0. The standard InChI is InChI=1S/C9H12N2O6S/c1-5-7(3-6(17-5)9(13)14)18(15,16)11(2)4-8(10)12/h3H,4H2,1-2H3,(H2,10,12)(H,13,14). The predicted molar refractivity (Wildman–Crippen MR) is 59.4 cm³/mol. The van der Waals surface area contributed by atoms with Crippen LogP contribution in [0.1, 0.15) is 16.3 Å². The van der Waals surface area contributed by atoms with Gasteiger partial charge in [0.1, 0.15) is 10.7 Å². The summed E-state index contributed by atoms with van der Waals surface area (Å²) in [6.45, 7) is 0.812. The highest BCUT2D eigenvalue weighted by atomic mass is 32.2. The Labute approximate surface area is 103 Å². The number of carbonyl (C=O) groups is 2. The summed E-state index contributed by atoms with van der Waals surface area (Å²) in [6.07, 6.45) is 0. The third kappa shape index (κ3) is 2.68. The van der Waals surface area contributed by atoms with Crippen molar-refractivity contribution >= 4 is 21.9 Å². The molecular weight excluding hydrogens is 264 g/mol. The first-order valence-corrected chi connectivity index (χ1v) is 6.18. The Balaban J connectivity index is 3.20. The van der Waals surface area contributed by atoms with Crippen molar-refractivity contribution in [1.82, 2.24) is 4.31 Å². The second-order valence-corrected chi connectivity index (χ2v) is 5.58. The molecule has 0 unspecified atom stereocenters. The number of carbonyl (C=O) groups excluding carboxylic acids is 1. The number of sulfonamides is 1. The van der Waals surface area contributed by atoms with E-state index in [0.29, 0.717) is 0 Å². The Morgan fingerprint density at radius 1 is 1.50 bits per heavy atom. The first-order chi connectivity index (χ1) is 8.16. The van der Waals surface area contributed by atoms with Gasteiger partial charge in [-0.25, -0.2) is 13.2 Å². The number of carboxylic acid groups (broad SMARTS) is 1. The third-order valence-corrected chi connectivity index (χ3v) is 4.06. The highest BCUT2D eigenvalue weighted by Gasteiger charge is 2.28. The fourth-order valence-corrected chi connectivity index (χ4v) is 2.59. The molecule has 0 bridgehead atoms. The lowest BCUT2D eigenvalue weighted by atomic mass is 10.4. The van der Waals surface area contributed by atoms with Crippen molar-refractivity contribution in [2.45, 2.75) is 11.8 Å². The average Bonchev–Trinajstić information content (AvgIpc) is 2.59. The number of amides is 1. The summed E-state index contributed by atoms with van der Waals surface area (Å²) < 4.78 is 29.5. The Kier molecular flexibility index (Phi) is 3.77. The van der Waals surface area contributed by atoms with E-state index in [-0.39, 0.29) is 10.7 Å². The molecule has 9 heteroatoms. The van der Waals surface area contributed by atoms with Gasteiger partial charge in [0, 0.05) is 13.1 Å². The topological polar surface area (TPSA) is 131 Å². The number of carboxylic acids is 1. The first-order valence-electron chi connectivity index (χ1n) is 4.74. The molecule has 1 heterocycles. The van der Waals surface area contributed by atoms with Crippen molar-refractivity contribution in [3.05, 3.63) is 17.6 Å². The number of likely N-dealkylation sites (N-methyl/N-ethyl adjacent to an activating group) is 1. The van der Waals surface area contributed by atoms with Gasteiger partial charge in [0.2, 0.25) is 21.7 Å². The van der Waals surface area contributed by atoms with E-state index in [2.05, 4.69) is 0 Å². The molecule has 0 saturated carbocycles. The lowest BCUT2D eigenvalue weighted by Crippen LogP contribution is -2.35. The van der Waals surface area contributed by atoms with Crippen LogP contribution in [0, 0.1) is 6.92 Å². The number of hydrogen-bond acceptors (Lipinski definition) is 5. The number of aromatic carboxylic acids is 1. The number of rotatable bonds is 5. The van der Waals surface area contributed by atoms with Crippen LogP contribution in [0.5, 0.6) is 0 Å². The average molecular weight is 276 g/mol. The molecule has 18 heavy (non-hydrogen) atoms. The molecule has 0 spiro atoms. The van der Waals surface area contributed by atoms with Gasteiger partial charge in [0.15, 0.2) is 0 Å². The maximum Gasteiger partial charge on any atom is 0.371 e. The van der Waals surface area contributed by atoms with Crippen molar-refractivity contribution in [2.24, 2.45) is 5.73 Å². The van der Waals surface area contributed by atoms with Crippen LogP contribution < -0.4 is 5.73 Å². The summed E-state index contributed by atoms with van der Waals surface area (Å²) >= 11 is 0. The molecular formula is C9H12N2O6S. The molecule has 0 saturated heterocycles. The van der Waals surface area contributed by atoms with Gasteiger partial charge >= 0.3 is 5.97 Å². The zero-order valence-electron chi connectivity index (χ0n) is 9.71. The predicted octanol–water partition coefficient (Wildman–Crippen LogP) is -0.608. The van der Waals surface area contributed by atoms with Crippen LogP contribution in [0.3, 0.4) is 0 Å². The van der Waals surface area contributed by atoms with E-state index in [9.17, 15) is 18.0 Å². The number of primary amides is 1. The summed E-state index contributed by atoms with van der Waals surface area (Å²) in [5.41, 5.74) is 4.90. The smallest absolute Gasteiger partial charge is 0.371 e. The molecule has 1 rings (SSSR count). The highest BCUT2D eigenvalue weighted by Crippen LogP contribution is 2.22. The van der Waals surface area contributed by atoms with E-state index in [4.69, 9.17) is 15.3 Å². The van der Waals surface area contributed by atoms with Crippen LogP contribution in [0.4, 0.5) is 0 Å². The van der Waals surface area contributed by atoms with E-state index in [1.165, 1.54) is 6.92 Å².